The highest BCUT2D eigenvalue weighted by molar-refractivity contribution is 9.10. The fraction of sp³-hybridized carbons (Fsp3) is 0.167. The molecule has 2 rings (SSSR count). The van der Waals surface area contributed by atoms with E-state index in [0.29, 0.717) is 26.1 Å². The number of hydrogen-bond acceptors (Lipinski definition) is 4. The molecule has 0 saturated heterocycles. The van der Waals surface area contributed by atoms with E-state index in [4.69, 9.17) is 21.1 Å². The monoisotopic (exact) mass is 442 g/mol. The summed E-state index contributed by atoms with van der Waals surface area (Å²) in [4.78, 5) is 12.0. The van der Waals surface area contributed by atoms with Crippen LogP contribution in [0.2, 0.25) is 0 Å². The van der Waals surface area contributed by atoms with Gasteiger partial charge in [0.25, 0.3) is 0 Å². The zero-order valence-corrected chi connectivity index (χ0v) is 16.8. The summed E-state index contributed by atoms with van der Waals surface area (Å²) in [6.07, 6.45) is 0. The largest absolute Gasteiger partial charge is 0.497 e. The van der Waals surface area contributed by atoms with Gasteiger partial charge >= 0.3 is 5.97 Å². The van der Waals surface area contributed by atoms with Gasteiger partial charge in [0.2, 0.25) is 0 Å². The predicted octanol–water partition coefficient (Wildman–Crippen LogP) is 4.74. The Hall–Kier alpha value is -1.63. The van der Waals surface area contributed by atoms with Crippen LogP contribution in [0.3, 0.4) is 0 Å². The lowest BCUT2D eigenvalue weighted by Gasteiger charge is -2.12. The Morgan fingerprint density at radius 3 is 2.24 bits per heavy atom. The molecule has 0 aliphatic carbocycles. The molecular formula is C18H16BrClO4S. The van der Waals surface area contributed by atoms with Gasteiger partial charge in [0, 0.05) is 16.3 Å². The highest BCUT2D eigenvalue weighted by atomic mass is 79.9. The maximum Gasteiger partial charge on any atom is 0.302 e. The molecule has 132 valence electrons. The molecule has 0 aromatic heterocycles. The van der Waals surface area contributed by atoms with E-state index in [1.54, 1.807) is 43.5 Å². The Morgan fingerprint density at radius 2 is 1.72 bits per heavy atom. The summed E-state index contributed by atoms with van der Waals surface area (Å²) in [6, 6.07) is 14.1. The summed E-state index contributed by atoms with van der Waals surface area (Å²) in [7, 11) is -0.0227. The fourth-order valence-corrected chi connectivity index (χ4v) is 3.73. The number of halogens is 2. The molecule has 4 nitrogen and oxygen atoms in total. The Balaban J connectivity index is 2.42. The maximum atomic E-state index is 13.0. The van der Waals surface area contributed by atoms with Crippen molar-refractivity contribution in [3.05, 3.63) is 63.5 Å². The Kier molecular flexibility index (Phi) is 7.23. The molecule has 0 bridgehead atoms. The van der Waals surface area contributed by atoms with Crippen molar-refractivity contribution in [3.63, 3.8) is 0 Å². The van der Waals surface area contributed by atoms with E-state index in [1.165, 1.54) is 6.92 Å². The van der Waals surface area contributed by atoms with Crippen molar-refractivity contribution in [2.45, 2.75) is 11.8 Å². The first-order valence-electron chi connectivity index (χ1n) is 7.26. The summed E-state index contributed by atoms with van der Waals surface area (Å²) in [5.41, 5.74) is 0.689. The van der Waals surface area contributed by atoms with Crippen LogP contribution in [-0.4, -0.2) is 23.9 Å². The molecule has 1 atom stereocenters. The van der Waals surface area contributed by atoms with E-state index in [-0.39, 0.29) is 6.61 Å². The molecular weight excluding hydrogens is 428 g/mol. The third-order valence-corrected chi connectivity index (χ3v) is 5.80. The first-order valence-corrected chi connectivity index (χ1v) is 9.58. The normalized spacial score (nSPS) is 13.0. The second-order valence-electron chi connectivity index (χ2n) is 4.97. The third-order valence-electron chi connectivity index (χ3n) is 3.25. The molecule has 0 amide bonds. The van der Waals surface area contributed by atoms with Gasteiger partial charge in [-0.3, -0.25) is 4.79 Å². The van der Waals surface area contributed by atoms with Crippen LogP contribution in [0.4, 0.5) is 0 Å². The number of hydrogen-bond donors (Lipinski definition) is 0. The fourth-order valence-electron chi connectivity index (χ4n) is 1.96. The average molecular weight is 444 g/mol. The number of carbonyl (C=O) groups is 1. The van der Waals surface area contributed by atoms with Crippen LogP contribution in [0.15, 0.2) is 62.8 Å². The van der Waals surface area contributed by atoms with Gasteiger partial charge in [-0.15, -0.1) is 0 Å². The van der Waals surface area contributed by atoms with Gasteiger partial charge in [0.05, 0.1) is 27.8 Å². The SMILES string of the molecule is COc1ccc(S(=O)/C(COC(C)=O)=C(\Cl)c2ccc(Br)cc2)cc1. The highest BCUT2D eigenvalue weighted by Gasteiger charge is 2.18. The van der Waals surface area contributed by atoms with Crippen LogP contribution >= 0.6 is 27.5 Å². The first-order chi connectivity index (χ1) is 11.9. The number of benzene rings is 2. The molecule has 0 aliphatic rings. The van der Waals surface area contributed by atoms with Crippen molar-refractivity contribution < 1.29 is 18.5 Å². The lowest BCUT2D eigenvalue weighted by molar-refractivity contribution is -0.139. The minimum Gasteiger partial charge on any atom is -0.497 e. The summed E-state index contributed by atoms with van der Waals surface area (Å²) in [5.74, 6) is 0.190. The van der Waals surface area contributed by atoms with E-state index in [2.05, 4.69) is 15.9 Å². The van der Waals surface area contributed by atoms with Crippen molar-refractivity contribution >= 4 is 49.3 Å². The van der Waals surface area contributed by atoms with Crippen LogP contribution in [0, 0.1) is 0 Å². The standard InChI is InChI=1S/C18H16BrClO4S/c1-12(21)24-11-17(18(20)13-3-5-14(19)6-4-13)25(22)16-9-7-15(23-2)8-10-16/h3-10H,11H2,1-2H3/b18-17-. The highest BCUT2D eigenvalue weighted by Crippen LogP contribution is 2.29. The van der Waals surface area contributed by atoms with E-state index in [0.717, 1.165) is 4.47 Å². The van der Waals surface area contributed by atoms with Crippen molar-refractivity contribution in [3.8, 4) is 5.75 Å². The van der Waals surface area contributed by atoms with E-state index < -0.39 is 16.8 Å². The van der Waals surface area contributed by atoms with E-state index >= 15 is 0 Å². The molecule has 0 spiro atoms. The van der Waals surface area contributed by atoms with Crippen LogP contribution in [0.1, 0.15) is 12.5 Å². The molecule has 0 heterocycles. The Morgan fingerprint density at radius 1 is 1.12 bits per heavy atom. The third kappa shape index (κ3) is 5.42. The molecule has 0 saturated carbocycles. The van der Waals surface area contributed by atoms with Crippen LogP contribution in [-0.2, 0) is 20.3 Å². The summed E-state index contributed by atoms with van der Waals surface area (Å²) in [5, 5.41) is 0.294. The molecule has 0 aliphatic heterocycles. The van der Waals surface area contributed by atoms with Gasteiger partial charge in [0.15, 0.2) is 0 Å². The van der Waals surface area contributed by atoms with Crippen molar-refractivity contribution in [2.75, 3.05) is 13.7 Å². The van der Waals surface area contributed by atoms with Crippen molar-refractivity contribution in [1.29, 1.82) is 0 Å². The van der Waals surface area contributed by atoms with Gasteiger partial charge in [-0.1, -0.05) is 39.7 Å². The van der Waals surface area contributed by atoms with Crippen LogP contribution in [0.5, 0.6) is 5.75 Å². The smallest absolute Gasteiger partial charge is 0.302 e. The second kappa shape index (κ2) is 9.17. The molecule has 0 radical (unpaired) electrons. The molecule has 7 heteroatoms. The summed E-state index contributed by atoms with van der Waals surface area (Å²) in [6.45, 7) is 1.14. The van der Waals surface area contributed by atoms with Gasteiger partial charge < -0.3 is 9.47 Å². The van der Waals surface area contributed by atoms with Gasteiger partial charge in [-0.2, -0.15) is 0 Å². The number of carbonyl (C=O) groups excluding carboxylic acids is 1. The minimum atomic E-state index is -1.58. The number of rotatable bonds is 6. The summed E-state index contributed by atoms with van der Waals surface area (Å²) < 4.78 is 24.0. The van der Waals surface area contributed by atoms with Gasteiger partial charge in [-0.05, 0) is 42.0 Å². The molecule has 25 heavy (non-hydrogen) atoms. The van der Waals surface area contributed by atoms with Crippen LogP contribution < -0.4 is 4.74 Å². The number of methoxy groups -OCH3 is 1. The lowest BCUT2D eigenvalue weighted by Crippen LogP contribution is -2.09. The van der Waals surface area contributed by atoms with Gasteiger partial charge in [-0.25, -0.2) is 4.21 Å². The average Bonchev–Trinajstić information content (AvgIpc) is 2.62. The van der Waals surface area contributed by atoms with Crippen molar-refractivity contribution in [2.24, 2.45) is 0 Å². The molecule has 2 aromatic rings. The van der Waals surface area contributed by atoms with Crippen LogP contribution in [0.25, 0.3) is 5.03 Å². The molecule has 0 N–H and O–H groups in total. The van der Waals surface area contributed by atoms with E-state index in [9.17, 15) is 9.00 Å². The predicted molar refractivity (Wildman–Crippen MR) is 103 cm³/mol. The van der Waals surface area contributed by atoms with Crippen molar-refractivity contribution in [1.82, 2.24) is 0 Å². The van der Waals surface area contributed by atoms with Gasteiger partial charge in [0.1, 0.15) is 12.4 Å². The summed E-state index contributed by atoms with van der Waals surface area (Å²) >= 11 is 9.83. The number of esters is 1. The van der Waals surface area contributed by atoms with E-state index in [1.807, 2.05) is 12.1 Å². The zero-order chi connectivity index (χ0) is 18.4. The molecule has 1 unspecified atom stereocenters. The maximum absolute atomic E-state index is 13.0. The number of ether oxygens (including phenoxy) is 2. The Bertz CT molecular complexity index is 801. The lowest BCUT2D eigenvalue weighted by atomic mass is 10.2. The first kappa shape index (κ1) is 19.7. The molecule has 0 fully saturated rings. The Labute approximate surface area is 162 Å². The molecule has 2 aromatic carbocycles. The topological polar surface area (TPSA) is 52.6 Å². The second-order valence-corrected chi connectivity index (χ2v) is 7.76. The zero-order valence-electron chi connectivity index (χ0n) is 13.6. The quantitative estimate of drug-likeness (QED) is 0.605. The minimum absolute atomic E-state index is 0.150.